The van der Waals surface area contributed by atoms with Gasteiger partial charge in [-0.25, -0.2) is 0 Å². The summed E-state index contributed by atoms with van der Waals surface area (Å²) in [6.45, 7) is 88.3. The topological polar surface area (TPSA) is 196 Å². The molecule has 0 saturated heterocycles. The van der Waals surface area contributed by atoms with E-state index in [1.54, 1.807) is 13.1 Å². The van der Waals surface area contributed by atoms with Crippen LogP contribution in [0.4, 0.5) is 0 Å². The van der Waals surface area contributed by atoms with E-state index in [4.69, 9.17) is 78.2 Å². The zero-order valence-electron chi connectivity index (χ0n) is 61.9. The van der Waals surface area contributed by atoms with Gasteiger partial charge in [-0.2, -0.15) is 0 Å². The van der Waals surface area contributed by atoms with Crippen molar-refractivity contribution in [2.45, 2.75) is 282 Å². The molecule has 0 unspecified atom stereocenters. The minimum Gasteiger partial charge on any atom is -0.440 e. The Bertz CT molecular complexity index is 2020. The first-order valence-corrected chi connectivity index (χ1v) is 89.7. The van der Waals surface area contributed by atoms with Gasteiger partial charge in [-0.3, -0.25) is 0 Å². The lowest BCUT2D eigenvalue weighted by Crippen LogP contribution is -2.63. The minimum absolute atomic E-state index is 0.139. The summed E-state index contributed by atoms with van der Waals surface area (Å²) in [6.07, 6.45) is 0. The van der Waals surface area contributed by atoms with Crippen molar-refractivity contribution < 1.29 is 83.0 Å². The Labute approximate surface area is 540 Å². The largest absolute Gasteiger partial charge is 0.440 e. The predicted molar refractivity (Wildman–Crippen MR) is 399 cm³/mol. The maximum Gasteiger partial charge on any atom is 0.320 e. The van der Waals surface area contributed by atoms with E-state index < -0.39 is 172 Å². The molecule has 0 aliphatic carbocycles. The lowest BCUT2D eigenvalue weighted by molar-refractivity contribution is 0.250. The van der Waals surface area contributed by atoms with Gasteiger partial charge in [0.2, 0.25) is 0 Å². The van der Waals surface area contributed by atoms with Crippen molar-refractivity contribution in [3.63, 3.8) is 0 Å². The van der Waals surface area contributed by atoms with Crippen LogP contribution in [0.15, 0.2) is 0 Å². The van der Waals surface area contributed by atoms with Gasteiger partial charge in [0.25, 0.3) is 0 Å². The van der Waals surface area contributed by atoms with Crippen LogP contribution in [-0.2, 0) is 78.2 Å². The van der Waals surface area contributed by atoms with Crippen molar-refractivity contribution in [1.82, 2.24) is 0 Å². The van der Waals surface area contributed by atoms with E-state index in [1.807, 2.05) is 118 Å². The molecule has 508 valence electrons. The van der Waals surface area contributed by atoms with Crippen LogP contribution in [0.2, 0.25) is 282 Å². The fourth-order valence-corrected chi connectivity index (χ4v) is 111. The molecule has 0 aromatic carbocycles. The van der Waals surface area contributed by atoms with Crippen molar-refractivity contribution in [1.29, 1.82) is 0 Å². The summed E-state index contributed by atoms with van der Waals surface area (Å²) in [5, 5.41) is 0. The molecule has 0 amide bonds. The zero-order valence-corrected chi connectivity index (χ0v) is 83.2. The highest BCUT2D eigenvalue weighted by Crippen LogP contribution is 2.34. The molecule has 0 aliphatic heterocycles. The molecule has 41 heteroatoms. The van der Waals surface area contributed by atoms with Crippen LogP contribution < -0.4 is 0 Å². The van der Waals surface area contributed by atoms with Crippen LogP contribution in [0.25, 0.3) is 0 Å². The first-order chi connectivity index (χ1) is 35.9. The van der Waals surface area contributed by atoms with Crippen LogP contribution in [-0.4, -0.2) is 185 Å². The van der Waals surface area contributed by atoms with Crippen LogP contribution >= 0.6 is 0 Å². The predicted octanol–water partition coefficient (Wildman–Crippen LogP) is 14.7. The average Bonchev–Trinajstić information content (AvgIpc) is 2.95. The van der Waals surface area contributed by atoms with Crippen molar-refractivity contribution in [3.8, 4) is 0 Å². The van der Waals surface area contributed by atoms with E-state index in [0.29, 0.717) is 0 Å². The Balaban J connectivity index is 0. The maximum absolute atomic E-state index is 10.4. The molecule has 0 fully saturated rings. The highest BCUT2D eigenvalue weighted by molar-refractivity contribution is 6.96. The Kier molecular flexibility index (Phi) is 33.5. The average molecular weight is 1560 g/mol. The molecule has 0 aromatic heterocycles. The molecule has 0 atom stereocenters. The monoisotopic (exact) mass is 1560 g/mol. The molecule has 84 heavy (non-hydrogen) atoms. The summed E-state index contributed by atoms with van der Waals surface area (Å²) >= 11 is 0. The fourth-order valence-electron chi connectivity index (χ4n) is 11.6. The molecular formula is C43H132O20Si21. The molecular weight excluding hydrogens is 1430 g/mol. The van der Waals surface area contributed by atoms with Gasteiger partial charge in [0.15, 0.2) is 9.04 Å². The van der Waals surface area contributed by atoms with Gasteiger partial charge in [-0.1, -0.05) is 19.6 Å². The molecule has 0 aliphatic rings. The Hall–Kier alpha value is 3.75. The Morgan fingerprint density at radius 3 is 0.333 bits per heavy atom. The molecule has 0 aromatic rings. The summed E-state index contributed by atoms with van der Waals surface area (Å²) < 4.78 is 128. The highest BCUT2D eigenvalue weighted by Gasteiger charge is 2.54. The normalized spacial score (nSPS) is 15.8. The van der Waals surface area contributed by atoms with E-state index in [9.17, 15) is 4.80 Å². The third-order valence-corrected chi connectivity index (χ3v) is 84.3. The summed E-state index contributed by atoms with van der Waals surface area (Å²) in [5.41, 5.74) is 0. The van der Waals surface area contributed by atoms with Crippen LogP contribution in [0.5, 0.6) is 0 Å². The van der Waals surface area contributed by atoms with E-state index in [1.165, 1.54) is 0 Å². The third-order valence-electron chi connectivity index (χ3n) is 9.37. The van der Waals surface area contributed by atoms with Crippen molar-refractivity contribution in [2.24, 2.45) is 0 Å². The van der Waals surface area contributed by atoms with Crippen molar-refractivity contribution in [2.75, 3.05) is 0 Å². The molecule has 20 nitrogen and oxygen atoms in total. The van der Waals surface area contributed by atoms with Gasteiger partial charge in [-0.15, -0.1) is 0 Å². The molecule has 0 heterocycles. The SMILES string of the molecule is C[SiH](C)C.C[SiH](C)O[Si](C)(C)O[Si](C)(C)O[Si](C)(C)O[Si](C)(C)O[Si](C)(C)O[Si](C)(C)O[Si](C)(C)O[Si](C)(C)O[Si](C)(C)O[Si](C)(C)O[Si](C)(C)O[Si](C)(C)O[Si](C)(C)O[Si](C)(C)O[Si](C)(C)O[Si](C)(C)O[Si](C)(C)O[Si](C)(C)O[Si](C)(C)O. The quantitative estimate of drug-likeness (QED) is 0.0573. The van der Waals surface area contributed by atoms with Gasteiger partial charge in [0.05, 0.1) is 0 Å². The fraction of sp³-hybridized carbons (Fsp3) is 1.00. The smallest absolute Gasteiger partial charge is 0.320 e. The number of rotatable bonds is 38. The van der Waals surface area contributed by atoms with Gasteiger partial charge < -0.3 is 83.0 Å². The standard InChI is InChI=1S/C40H122O20Si20.C3H10Si/c1-61(2)42-63(5,6)44-65(9,10)46-67(13,14)48-69(17,18)50-71(21,22)52-73(25,26)54-75(29,30)56-77(33,34)58-79(37,38)60-80(39,40)59-78(35,36)57-76(31,32)55-74(27,28)53-72(23,24)51-70(19,20)49-68(15,16)47-66(11,12)45-64(7,8)43-62(3,4)41;1-4(2)3/h41,61H,1-40H3;4H,1-3H3. The molecule has 0 spiro atoms. The van der Waals surface area contributed by atoms with Crippen molar-refractivity contribution in [3.05, 3.63) is 0 Å². The van der Waals surface area contributed by atoms with Gasteiger partial charge in [-0.05, 0) is 262 Å². The molecule has 0 radical (unpaired) electrons. The van der Waals surface area contributed by atoms with Crippen molar-refractivity contribution >= 4 is 180 Å². The second kappa shape index (κ2) is 31.3. The second-order valence-corrected chi connectivity index (χ2v) is 106. The summed E-state index contributed by atoms with van der Waals surface area (Å²) in [4.78, 5) is 10.4. The van der Waals surface area contributed by atoms with Gasteiger partial charge in [0, 0.05) is 8.80 Å². The van der Waals surface area contributed by atoms with E-state index in [0.717, 1.165) is 0 Å². The lowest BCUT2D eigenvalue weighted by Gasteiger charge is -2.45. The number of hydrogen-bond donors (Lipinski definition) is 1. The Morgan fingerprint density at radius 2 is 0.250 bits per heavy atom. The lowest BCUT2D eigenvalue weighted by atomic mass is 11.8. The summed E-state index contributed by atoms with van der Waals surface area (Å²) in [7, 11) is -53.9. The summed E-state index contributed by atoms with van der Waals surface area (Å²) in [5.74, 6) is 0. The first-order valence-electron chi connectivity index (χ1n) is 29.9. The molecule has 1 N–H and O–H groups in total. The van der Waals surface area contributed by atoms with E-state index in [2.05, 4.69) is 151 Å². The molecule has 0 rings (SSSR count). The minimum atomic E-state index is -2.86. The van der Waals surface area contributed by atoms with Crippen LogP contribution in [0.1, 0.15) is 0 Å². The zero-order chi connectivity index (χ0) is 68.1. The van der Waals surface area contributed by atoms with Gasteiger partial charge >= 0.3 is 163 Å². The van der Waals surface area contributed by atoms with Crippen LogP contribution in [0.3, 0.4) is 0 Å². The second-order valence-electron chi connectivity index (χ2n) is 31.4. The summed E-state index contributed by atoms with van der Waals surface area (Å²) in [6, 6.07) is 0. The van der Waals surface area contributed by atoms with Crippen LogP contribution in [0, 0.1) is 0 Å². The van der Waals surface area contributed by atoms with E-state index in [-0.39, 0.29) is 8.80 Å². The van der Waals surface area contributed by atoms with Gasteiger partial charge in [0.1, 0.15) is 0 Å². The molecule has 0 saturated carbocycles. The highest BCUT2D eigenvalue weighted by atomic mass is 28.6. The number of hydrogen-bond acceptors (Lipinski definition) is 20. The van der Waals surface area contributed by atoms with E-state index >= 15 is 0 Å². The molecule has 0 bridgehead atoms. The maximum atomic E-state index is 10.4. The first kappa shape index (κ1) is 89.8. The Morgan fingerprint density at radius 1 is 0.167 bits per heavy atom. The third kappa shape index (κ3) is 45.2.